The lowest BCUT2D eigenvalue weighted by Gasteiger charge is -2.20. The highest BCUT2D eigenvalue weighted by Gasteiger charge is 2.34. The van der Waals surface area contributed by atoms with Crippen molar-refractivity contribution in [1.82, 2.24) is 0 Å². The van der Waals surface area contributed by atoms with E-state index in [-0.39, 0.29) is 39.5 Å². The van der Waals surface area contributed by atoms with Crippen LogP contribution in [0, 0.1) is 6.92 Å². The maximum atomic E-state index is 12.8. The molecule has 0 heterocycles. The third-order valence-electron chi connectivity index (χ3n) is 4.37. The van der Waals surface area contributed by atoms with Crippen LogP contribution >= 0.6 is 0 Å². The van der Waals surface area contributed by atoms with Gasteiger partial charge in [-0.1, -0.05) is 24.3 Å². The molecule has 0 aliphatic heterocycles. The fourth-order valence-corrected chi connectivity index (χ4v) is 3.06. The van der Waals surface area contributed by atoms with Crippen LogP contribution in [0.1, 0.15) is 37.4 Å². The third kappa shape index (κ3) is 1.72. The van der Waals surface area contributed by atoms with Crippen LogP contribution in [-0.2, 0) is 0 Å². The lowest BCUT2D eigenvalue weighted by Crippen LogP contribution is -2.21. The summed E-state index contributed by atoms with van der Waals surface area (Å²) in [4.78, 5) is 25.5. The van der Waals surface area contributed by atoms with Crippen molar-refractivity contribution < 1.29 is 19.8 Å². The molecule has 3 aromatic rings. The number of phenols is 2. The average molecular weight is 304 g/mol. The first-order valence-corrected chi connectivity index (χ1v) is 7.16. The van der Waals surface area contributed by atoms with Crippen molar-refractivity contribution in [3.8, 4) is 11.5 Å². The van der Waals surface area contributed by atoms with Crippen molar-refractivity contribution in [3.63, 3.8) is 0 Å². The van der Waals surface area contributed by atoms with Gasteiger partial charge in [0.25, 0.3) is 0 Å². The van der Waals surface area contributed by atoms with Crippen molar-refractivity contribution in [2.75, 3.05) is 0 Å². The van der Waals surface area contributed by atoms with E-state index in [2.05, 4.69) is 0 Å². The van der Waals surface area contributed by atoms with Crippen molar-refractivity contribution in [2.45, 2.75) is 6.92 Å². The number of carbonyl (C=O) groups is 2. The summed E-state index contributed by atoms with van der Waals surface area (Å²) in [6.07, 6.45) is 0. The molecule has 1 aliphatic carbocycles. The zero-order valence-corrected chi connectivity index (χ0v) is 12.3. The molecule has 0 atom stereocenters. The molecule has 0 unspecified atom stereocenters. The lowest BCUT2D eigenvalue weighted by molar-refractivity contribution is 0.0976. The molecule has 0 saturated carbocycles. The molecule has 0 amide bonds. The first-order valence-electron chi connectivity index (χ1n) is 7.16. The second-order valence-electron chi connectivity index (χ2n) is 5.70. The SMILES string of the molecule is Cc1c(O)cc2c(c1O)C(=O)c1cc3ccccc3cc1C2=O. The maximum absolute atomic E-state index is 12.8. The number of benzene rings is 3. The van der Waals surface area contributed by atoms with E-state index in [0.717, 1.165) is 10.8 Å². The van der Waals surface area contributed by atoms with Gasteiger partial charge in [0.05, 0.1) is 5.56 Å². The molecule has 112 valence electrons. The lowest BCUT2D eigenvalue weighted by atomic mass is 9.81. The van der Waals surface area contributed by atoms with Gasteiger partial charge in [-0.25, -0.2) is 0 Å². The summed E-state index contributed by atoms with van der Waals surface area (Å²) in [6.45, 7) is 1.50. The molecular weight excluding hydrogens is 292 g/mol. The van der Waals surface area contributed by atoms with E-state index in [9.17, 15) is 19.8 Å². The Morgan fingerprint density at radius 2 is 1.35 bits per heavy atom. The quantitative estimate of drug-likeness (QED) is 0.522. The summed E-state index contributed by atoms with van der Waals surface area (Å²) in [5, 5.41) is 21.8. The maximum Gasteiger partial charge on any atom is 0.198 e. The molecule has 0 saturated heterocycles. The first kappa shape index (κ1) is 13.5. The van der Waals surface area contributed by atoms with E-state index in [0.29, 0.717) is 5.56 Å². The van der Waals surface area contributed by atoms with Crippen LogP contribution in [0.4, 0.5) is 0 Å². The van der Waals surface area contributed by atoms with Gasteiger partial charge in [0.15, 0.2) is 11.6 Å². The highest BCUT2D eigenvalue weighted by Crippen LogP contribution is 2.39. The minimum absolute atomic E-state index is 0.0342. The fraction of sp³-hybridized carbons (Fsp3) is 0.0526. The van der Waals surface area contributed by atoms with E-state index >= 15 is 0 Å². The summed E-state index contributed by atoms with van der Waals surface area (Å²) < 4.78 is 0. The van der Waals surface area contributed by atoms with Gasteiger partial charge in [-0.05, 0) is 35.9 Å². The molecule has 0 spiro atoms. The highest BCUT2D eigenvalue weighted by molar-refractivity contribution is 6.30. The molecule has 1 aliphatic rings. The Bertz CT molecular complexity index is 1030. The Labute approximate surface area is 131 Å². The number of hydrogen-bond donors (Lipinski definition) is 2. The van der Waals surface area contributed by atoms with Gasteiger partial charge < -0.3 is 10.2 Å². The van der Waals surface area contributed by atoms with Crippen LogP contribution in [0.5, 0.6) is 11.5 Å². The molecule has 3 aromatic carbocycles. The van der Waals surface area contributed by atoms with E-state index in [1.54, 1.807) is 12.1 Å². The predicted molar refractivity (Wildman–Crippen MR) is 85.3 cm³/mol. The van der Waals surface area contributed by atoms with Gasteiger partial charge in [-0.2, -0.15) is 0 Å². The third-order valence-corrected chi connectivity index (χ3v) is 4.37. The van der Waals surface area contributed by atoms with E-state index < -0.39 is 5.78 Å². The Kier molecular flexibility index (Phi) is 2.60. The summed E-state index contributed by atoms with van der Waals surface area (Å²) in [7, 11) is 0. The predicted octanol–water partition coefficient (Wildman–Crippen LogP) is 3.33. The van der Waals surface area contributed by atoms with Gasteiger partial charge in [0.1, 0.15) is 11.5 Å². The molecule has 0 aromatic heterocycles. The largest absolute Gasteiger partial charge is 0.508 e. The van der Waals surface area contributed by atoms with Crippen LogP contribution in [0.2, 0.25) is 0 Å². The Morgan fingerprint density at radius 3 is 1.96 bits per heavy atom. The van der Waals surface area contributed by atoms with E-state index in [1.165, 1.54) is 13.0 Å². The molecule has 2 N–H and O–H groups in total. The normalized spacial score (nSPS) is 13.1. The summed E-state index contributed by atoms with van der Waals surface area (Å²) in [6, 6.07) is 12.1. The van der Waals surface area contributed by atoms with Crippen LogP contribution in [0.25, 0.3) is 10.8 Å². The van der Waals surface area contributed by atoms with E-state index in [4.69, 9.17) is 0 Å². The molecule has 0 bridgehead atoms. The first-order chi connectivity index (χ1) is 11.0. The summed E-state index contributed by atoms with van der Waals surface area (Å²) >= 11 is 0. The Balaban J connectivity index is 2.08. The number of rotatable bonds is 0. The Hall–Kier alpha value is -3.14. The summed E-state index contributed by atoms with van der Waals surface area (Å²) in [5.41, 5.74) is 0.769. The molecule has 0 fully saturated rings. The van der Waals surface area contributed by atoms with Gasteiger partial charge in [0, 0.05) is 22.3 Å². The van der Waals surface area contributed by atoms with Crippen LogP contribution < -0.4 is 0 Å². The zero-order chi connectivity index (χ0) is 16.3. The standard InChI is InChI=1S/C19H12O4/c1-9-15(20)8-14-16(17(9)21)19(23)13-7-11-5-3-2-4-10(11)6-12(13)18(14)22/h2-8,20-21H,1H3. The molecule has 23 heavy (non-hydrogen) atoms. The second-order valence-corrected chi connectivity index (χ2v) is 5.70. The Morgan fingerprint density at radius 1 is 0.783 bits per heavy atom. The second kappa shape index (κ2) is 4.43. The smallest absolute Gasteiger partial charge is 0.198 e. The number of ketones is 2. The number of fused-ring (bicyclic) bond motifs is 3. The molecule has 4 heteroatoms. The van der Waals surface area contributed by atoms with Gasteiger partial charge in [-0.15, -0.1) is 0 Å². The van der Waals surface area contributed by atoms with Crippen LogP contribution in [-0.4, -0.2) is 21.8 Å². The van der Waals surface area contributed by atoms with Crippen molar-refractivity contribution >= 4 is 22.3 Å². The molecule has 0 radical (unpaired) electrons. The van der Waals surface area contributed by atoms with E-state index in [1.807, 2.05) is 24.3 Å². The number of hydrogen-bond acceptors (Lipinski definition) is 4. The van der Waals surface area contributed by atoms with Crippen molar-refractivity contribution in [3.05, 3.63) is 70.3 Å². The molecular formula is C19H12O4. The van der Waals surface area contributed by atoms with Gasteiger partial charge >= 0.3 is 0 Å². The van der Waals surface area contributed by atoms with Crippen molar-refractivity contribution in [2.24, 2.45) is 0 Å². The minimum atomic E-state index is -0.402. The molecule has 4 nitrogen and oxygen atoms in total. The van der Waals surface area contributed by atoms with Crippen LogP contribution in [0.3, 0.4) is 0 Å². The topological polar surface area (TPSA) is 74.6 Å². The number of carbonyl (C=O) groups excluding carboxylic acids is 2. The van der Waals surface area contributed by atoms with Crippen molar-refractivity contribution in [1.29, 1.82) is 0 Å². The molecule has 4 rings (SSSR count). The fourth-order valence-electron chi connectivity index (χ4n) is 3.06. The average Bonchev–Trinajstić information content (AvgIpc) is 2.56. The van der Waals surface area contributed by atoms with Gasteiger partial charge in [0.2, 0.25) is 0 Å². The minimum Gasteiger partial charge on any atom is -0.508 e. The number of aromatic hydroxyl groups is 2. The van der Waals surface area contributed by atoms with Crippen LogP contribution in [0.15, 0.2) is 42.5 Å². The summed E-state index contributed by atoms with van der Waals surface area (Å²) in [5.74, 6) is -1.31. The highest BCUT2D eigenvalue weighted by atomic mass is 16.3. The number of phenolic OH excluding ortho intramolecular Hbond substituents is 2. The van der Waals surface area contributed by atoms with Gasteiger partial charge in [-0.3, -0.25) is 9.59 Å². The zero-order valence-electron chi connectivity index (χ0n) is 12.3. The monoisotopic (exact) mass is 304 g/mol.